The highest BCUT2D eigenvalue weighted by Crippen LogP contribution is 2.02. The van der Waals surface area contributed by atoms with E-state index in [0.29, 0.717) is 25.1 Å². The highest BCUT2D eigenvalue weighted by molar-refractivity contribution is 5.88. The van der Waals surface area contributed by atoms with E-state index in [9.17, 15) is 9.59 Å². The molecule has 0 saturated carbocycles. The van der Waals surface area contributed by atoms with Crippen LogP contribution in [-0.4, -0.2) is 36.1 Å². The maximum Gasteiger partial charge on any atom is 0.339 e. The normalized spacial score (nSPS) is 11.0. The van der Waals surface area contributed by atoms with Crippen molar-refractivity contribution in [1.29, 1.82) is 0 Å². The minimum absolute atomic E-state index is 0.0176. The van der Waals surface area contributed by atoms with Crippen molar-refractivity contribution in [3.05, 3.63) is 29.6 Å². The van der Waals surface area contributed by atoms with Gasteiger partial charge in [0.25, 0.3) is 0 Å². The molecule has 0 aliphatic heterocycles. The van der Waals surface area contributed by atoms with Crippen molar-refractivity contribution in [2.45, 2.75) is 39.3 Å². The Hall–Kier alpha value is -1.95. The van der Waals surface area contributed by atoms with Gasteiger partial charge in [-0.2, -0.15) is 0 Å². The van der Waals surface area contributed by atoms with Crippen LogP contribution in [0.15, 0.2) is 18.3 Å². The third kappa shape index (κ3) is 6.85. The second kappa shape index (κ2) is 7.73. The summed E-state index contributed by atoms with van der Waals surface area (Å²) in [6, 6.07) is 3.43. The number of nitrogens with zero attached hydrogens (tertiary/aromatic N) is 1. The minimum Gasteiger partial charge on any atom is -0.465 e. The van der Waals surface area contributed by atoms with Crippen LogP contribution in [0.25, 0.3) is 0 Å². The molecule has 1 aromatic heterocycles. The fraction of sp³-hybridized carbons (Fsp3) is 0.533. The van der Waals surface area contributed by atoms with Crippen LogP contribution in [0.5, 0.6) is 0 Å². The van der Waals surface area contributed by atoms with Crippen molar-refractivity contribution in [2.24, 2.45) is 0 Å². The van der Waals surface area contributed by atoms with Gasteiger partial charge in [-0.3, -0.25) is 9.78 Å². The number of nitrogens with one attached hydrogen (secondary N) is 2. The number of amides is 1. The van der Waals surface area contributed by atoms with Crippen LogP contribution < -0.4 is 10.6 Å². The van der Waals surface area contributed by atoms with Crippen molar-refractivity contribution in [2.75, 3.05) is 13.7 Å². The standard InChI is InChI=1S/C15H23N3O3/c1-15(2,3)18-13(19)7-8-16-10-12-6-5-11(9-17-12)14(20)21-4/h5-6,9,16H,7-8,10H2,1-4H3,(H,18,19). The number of esters is 1. The topological polar surface area (TPSA) is 80.3 Å². The molecule has 6 heteroatoms. The zero-order valence-electron chi connectivity index (χ0n) is 13.0. The van der Waals surface area contributed by atoms with Crippen LogP contribution in [0.4, 0.5) is 0 Å². The quantitative estimate of drug-likeness (QED) is 0.610. The molecule has 0 atom stereocenters. The summed E-state index contributed by atoms with van der Waals surface area (Å²) in [4.78, 5) is 27.0. The molecule has 0 spiro atoms. The summed E-state index contributed by atoms with van der Waals surface area (Å²) in [7, 11) is 1.33. The van der Waals surface area contributed by atoms with Gasteiger partial charge < -0.3 is 15.4 Å². The summed E-state index contributed by atoms with van der Waals surface area (Å²) in [5.41, 5.74) is 1.02. The molecule has 1 amide bonds. The summed E-state index contributed by atoms with van der Waals surface area (Å²) in [5.74, 6) is -0.384. The molecule has 0 radical (unpaired) electrons. The molecular formula is C15H23N3O3. The monoisotopic (exact) mass is 293 g/mol. The van der Waals surface area contributed by atoms with Crippen LogP contribution >= 0.6 is 0 Å². The highest BCUT2D eigenvalue weighted by atomic mass is 16.5. The first-order valence-corrected chi connectivity index (χ1v) is 6.87. The number of methoxy groups -OCH3 is 1. The highest BCUT2D eigenvalue weighted by Gasteiger charge is 2.12. The third-order valence-corrected chi connectivity index (χ3v) is 2.60. The Kier molecular flexibility index (Phi) is 6.30. The van der Waals surface area contributed by atoms with Gasteiger partial charge in [0.2, 0.25) is 5.91 Å². The lowest BCUT2D eigenvalue weighted by molar-refractivity contribution is -0.122. The van der Waals surface area contributed by atoms with E-state index >= 15 is 0 Å². The van der Waals surface area contributed by atoms with E-state index in [1.165, 1.54) is 13.3 Å². The smallest absolute Gasteiger partial charge is 0.339 e. The number of hydrogen-bond donors (Lipinski definition) is 2. The van der Waals surface area contributed by atoms with Gasteiger partial charge in [-0.15, -0.1) is 0 Å². The molecule has 1 heterocycles. The summed E-state index contributed by atoms with van der Waals surface area (Å²) in [6.45, 7) is 6.97. The largest absolute Gasteiger partial charge is 0.465 e. The van der Waals surface area contributed by atoms with Crippen molar-refractivity contribution in [1.82, 2.24) is 15.6 Å². The van der Waals surface area contributed by atoms with Crippen LogP contribution in [0.3, 0.4) is 0 Å². The second-order valence-electron chi connectivity index (χ2n) is 5.75. The van der Waals surface area contributed by atoms with E-state index in [4.69, 9.17) is 0 Å². The predicted molar refractivity (Wildman–Crippen MR) is 79.8 cm³/mol. The maximum absolute atomic E-state index is 11.6. The molecule has 0 aromatic carbocycles. The Morgan fingerprint density at radius 1 is 1.29 bits per heavy atom. The molecule has 6 nitrogen and oxygen atoms in total. The van der Waals surface area contributed by atoms with E-state index in [-0.39, 0.29) is 11.4 Å². The predicted octanol–water partition coefficient (Wildman–Crippen LogP) is 1.26. The van der Waals surface area contributed by atoms with Gasteiger partial charge in [0.05, 0.1) is 18.4 Å². The van der Waals surface area contributed by atoms with E-state index in [1.807, 2.05) is 20.8 Å². The number of hydrogen-bond acceptors (Lipinski definition) is 5. The molecule has 0 saturated heterocycles. The Morgan fingerprint density at radius 2 is 2.00 bits per heavy atom. The van der Waals surface area contributed by atoms with Crippen molar-refractivity contribution < 1.29 is 14.3 Å². The first-order chi connectivity index (χ1) is 9.81. The zero-order valence-corrected chi connectivity index (χ0v) is 13.0. The lowest BCUT2D eigenvalue weighted by Gasteiger charge is -2.20. The average Bonchev–Trinajstić information content (AvgIpc) is 2.41. The number of ether oxygens (including phenoxy) is 1. The van der Waals surface area contributed by atoms with E-state index in [1.54, 1.807) is 12.1 Å². The molecule has 0 bridgehead atoms. The molecule has 116 valence electrons. The fourth-order valence-corrected chi connectivity index (χ4v) is 1.67. The summed E-state index contributed by atoms with van der Waals surface area (Å²) < 4.78 is 4.60. The van der Waals surface area contributed by atoms with Gasteiger partial charge >= 0.3 is 5.97 Å². The zero-order chi connectivity index (χ0) is 15.9. The van der Waals surface area contributed by atoms with Crippen LogP contribution in [0.1, 0.15) is 43.2 Å². The molecule has 0 aliphatic carbocycles. The SMILES string of the molecule is COC(=O)c1ccc(CNCCC(=O)NC(C)(C)C)nc1. The Morgan fingerprint density at radius 3 is 2.52 bits per heavy atom. The Labute approximate surface area is 125 Å². The number of rotatable bonds is 6. The third-order valence-electron chi connectivity index (χ3n) is 2.60. The molecular weight excluding hydrogens is 270 g/mol. The Balaban J connectivity index is 2.30. The summed E-state index contributed by atoms with van der Waals surface area (Å²) in [6.07, 6.45) is 1.90. The lowest BCUT2D eigenvalue weighted by atomic mass is 10.1. The maximum atomic E-state index is 11.6. The molecule has 0 aliphatic rings. The first-order valence-electron chi connectivity index (χ1n) is 6.87. The van der Waals surface area contributed by atoms with Crippen molar-refractivity contribution >= 4 is 11.9 Å². The molecule has 2 N–H and O–H groups in total. The van der Waals surface area contributed by atoms with Gasteiger partial charge in [0.1, 0.15) is 0 Å². The van der Waals surface area contributed by atoms with E-state index < -0.39 is 5.97 Å². The van der Waals surface area contributed by atoms with Gasteiger partial charge in [0, 0.05) is 31.2 Å². The van der Waals surface area contributed by atoms with E-state index in [0.717, 1.165) is 5.69 Å². The van der Waals surface area contributed by atoms with Crippen LogP contribution in [-0.2, 0) is 16.1 Å². The van der Waals surface area contributed by atoms with Gasteiger partial charge in [-0.1, -0.05) is 0 Å². The van der Waals surface area contributed by atoms with Gasteiger partial charge in [0.15, 0.2) is 0 Å². The fourth-order valence-electron chi connectivity index (χ4n) is 1.67. The number of aromatic nitrogens is 1. The number of carbonyl (C=O) groups is 2. The average molecular weight is 293 g/mol. The Bertz CT molecular complexity index is 478. The van der Waals surface area contributed by atoms with Crippen molar-refractivity contribution in [3.63, 3.8) is 0 Å². The number of carbonyl (C=O) groups excluding carboxylic acids is 2. The minimum atomic E-state index is -0.402. The molecule has 21 heavy (non-hydrogen) atoms. The second-order valence-corrected chi connectivity index (χ2v) is 5.75. The molecule has 0 unspecified atom stereocenters. The van der Waals surface area contributed by atoms with Crippen LogP contribution in [0, 0.1) is 0 Å². The van der Waals surface area contributed by atoms with E-state index in [2.05, 4.69) is 20.4 Å². The molecule has 0 fully saturated rings. The lowest BCUT2D eigenvalue weighted by Crippen LogP contribution is -2.41. The summed E-state index contributed by atoms with van der Waals surface area (Å²) >= 11 is 0. The molecule has 1 rings (SSSR count). The molecule has 1 aromatic rings. The first kappa shape index (κ1) is 17.1. The van der Waals surface area contributed by atoms with Crippen LogP contribution in [0.2, 0.25) is 0 Å². The van der Waals surface area contributed by atoms with Crippen molar-refractivity contribution in [3.8, 4) is 0 Å². The van der Waals surface area contributed by atoms with Gasteiger partial charge in [-0.05, 0) is 32.9 Å². The number of pyridine rings is 1. The van der Waals surface area contributed by atoms with Gasteiger partial charge in [-0.25, -0.2) is 4.79 Å². The summed E-state index contributed by atoms with van der Waals surface area (Å²) in [5, 5.41) is 6.04.